The summed E-state index contributed by atoms with van der Waals surface area (Å²) in [5.74, 6) is -1.42. The highest BCUT2D eigenvalue weighted by molar-refractivity contribution is 8.26. The second kappa shape index (κ2) is 9.73. The third kappa shape index (κ3) is 5.57. The summed E-state index contributed by atoms with van der Waals surface area (Å²) in [6, 6.07) is 7.98. The highest BCUT2D eigenvalue weighted by Gasteiger charge is 2.33. The summed E-state index contributed by atoms with van der Waals surface area (Å²) in [4.78, 5) is 26.9. The minimum absolute atomic E-state index is 0.284. The number of carbonyl (C=O) groups is 2. The smallest absolute Gasteiger partial charge is 0.323 e. The molecule has 0 aromatic heterocycles. The predicted molar refractivity (Wildman–Crippen MR) is 111 cm³/mol. The third-order valence-corrected chi connectivity index (χ3v) is 5.52. The van der Waals surface area contributed by atoms with Crippen molar-refractivity contribution in [3.05, 3.63) is 34.7 Å². The summed E-state index contributed by atoms with van der Waals surface area (Å²) in [6.07, 6.45) is 6.69. The molecule has 1 fully saturated rings. The lowest BCUT2D eigenvalue weighted by Crippen LogP contribution is -2.33. The average Bonchev–Trinajstić information content (AvgIpc) is 2.86. The van der Waals surface area contributed by atoms with Crippen LogP contribution >= 0.6 is 24.0 Å². The first-order chi connectivity index (χ1) is 12.4. The number of benzene rings is 1. The van der Waals surface area contributed by atoms with E-state index in [1.807, 2.05) is 24.3 Å². The fraction of sp³-hybridized carbons (Fsp3) is 0.421. The van der Waals surface area contributed by atoms with Crippen LogP contribution in [-0.4, -0.2) is 46.3 Å². The molecule has 0 unspecified atom stereocenters. The van der Waals surface area contributed by atoms with Crippen LogP contribution in [0.25, 0.3) is 6.08 Å². The van der Waals surface area contributed by atoms with Gasteiger partial charge in [-0.2, -0.15) is 0 Å². The quantitative estimate of drug-likeness (QED) is 0.390. The van der Waals surface area contributed by atoms with Crippen molar-refractivity contribution in [2.75, 3.05) is 25.0 Å². The maximum absolute atomic E-state index is 12.3. The molecular weight excluding hydrogens is 368 g/mol. The Balaban J connectivity index is 2.00. The molecule has 140 valence electrons. The molecule has 1 aromatic carbocycles. The van der Waals surface area contributed by atoms with Crippen molar-refractivity contribution in [2.24, 2.45) is 0 Å². The SMILES string of the molecule is CCCCCCN(C)c1ccc(/C=C2\SC(=S)N(CC(=O)O)C2=O)cc1. The number of thiocarbonyl (C=S) groups is 1. The van der Waals surface area contributed by atoms with Crippen LogP contribution in [0.5, 0.6) is 0 Å². The van der Waals surface area contributed by atoms with E-state index >= 15 is 0 Å². The number of anilines is 1. The zero-order chi connectivity index (χ0) is 19.1. The number of rotatable bonds is 9. The maximum atomic E-state index is 12.3. The van der Waals surface area contributed by atoms with E-state index in [0.717, 1.165) is 34.5 Å². The van der Waals surface area contributed by atoms with Gasteiger partial charge in [-0.3, -0.25) is 14.5 Å². The molecule has 1 aliphatic heterocycles. The van der Waals surface area contributed by atoms with Gasteiger partial charge in [0.05, 0.1) is 4.91 Å². The monoisotopic (exact) mass is 392 g/mol. The lowest BCUT2D eigenvalue weighted by atomic mass is 10.1. The molecule has 1 aliphatic rings. The zero-order valence-electron chi connectivity index (χ0n) is 15.1. The van der Waals surface area contributed by atoms with Gasteiger partial charge in [0.15, 0.2) is 0 Å². The van der Waals surface area contributed by atoms with Gasteiger partial charge >= 0.3 is 5.97 Å². The van der Waals surface area contributed by atoms with Crippen molar-refractivity contribution in [3.63, 3.8) is 0 Å². The van der Waals surface area contributed by atoms with Crippen molar-refractivity contribution in [3.8, 4) is 0 Å². The fourth-order valence-corrected chi connectivity index (χ4v) is 3.91. The summed E-state index contributed by atoms with van der Waals surface area (Å²) in [5.41, 5.74) is 2.03. The molecule has 5 nitrogen and oxygen atoms in total. The van der Waals surface area contributed by atoms with E-state index in [0.29, 0.717) is 4.91 Å². The molecule has 0 spiro atoms. The standard InChI is InChI=1S/C19H24N2O3S2/c1-3-4-5-6-11-20(2)15-9-7-14(8-10-15)12-16-18(24)21(13-17(22)23)19(25)26-16/h7-10,12H,3-6,11,13H2,1-2H3,(H,22,23)/b16-12-. The van der Waals surface area contributed by atoms with Gasteiger partial charge in [0.2, 0.25) is 0 Å². The predicted octanol–water partition coefficient (Wildman–Crippen LogP) is 3.99. The number of hydrogen-bond acceptors (Lipinski definition) is 5. The molecule has 26 heavy (non-hydrogen) atoms. The summed E-state index contributed by atoms with van der Waals surface area (Å²) < 4.78 is 0.284. The molecule has 7 heteroatoms. The van der Waals surface area contributed by atoms with Crippen molar-refractivity contribution >= 4 is 51.9 Å². The Hall–Kier alpha value is -1.86. The highest BCUT2D eigenvalue weighted by atomic mass is 32.2. The first kappa shape index (κ1) is 20.5. The van der Waals surface area contributed by atoms with Crippen LogP contribution in [0.3, 0.4) is 0 Å². The van der Waals surface area contributed by atoms with Gasteiger partial charge in [-0.25, -0.2) is 0 Å². The van der Waals surface area contributed by atoms with Gasteiger partial charge in [0.1, 0.15) is 10.9 Å². The van der Waals surface area contributed by atoms with Crippen molar-refractivity contribution in [1.82, 2.24) is 4.90 Å². The van der Waals surface area contributed by atoms with E-state index < -0.39 is 12.5 Å². The summed E-state index contributed by atoms with van der Waals surface area (Å²) in [7, 11) is 2.08. The van der Waals surface area contributed by atoms with E-state index in [1.54, 1.807) is 6.08 Å². The molecule has 0 radical (unpaired) electrons. The van der Waals surface area contributed by atoms with Crippen LogP contribution in [0.2, 0.25) is 0 Å². The molecule has 0 atom stereocenters. The number of carboxylic acid groups (broad SMARTS) is 1. The van der Waals surface area contributed by atoms with Crippen LogP contribution in [0.15, 0.2) is 29.2 Å². The highest BCUT2D eigenvalue weighted by Crippen LogP contribution is 2.32. The maximum Gasteiger partial charge on any atom is 0.323 e. The Labute approximate surface area is 164 Å². The molecule has 1 N–H and O–H groups in total. The number of unbranched alkanes of at least 4 members (excludes halogenated alkanes) is 3. The zero-order valence-corrected chi connectivity index (χ0v) is 16.7. The Kier molecular flexibility index (Phi) is 7.66. The van der Waals surface area contributed by atoms with E-state index in [-0.39, 0.29) is 10.2 Å². The largest absolute Gasteiger partial charge is 0.480 e. The Bertz CT molecular complexity index is 701. The lowest BCUT2D eigenvalue weighted by Gasteiger charge is -2.19. The fourth-order valence-electron chi connectivity index (χ4n) is 2.65. The van der Waals surface area contributed by atoms with Crippen LogP contribution in [0.4, 0.5) is 5.69 Å². The minimum Gasteiger partial charge on any atom is -0.480 e. The van der Waals surface area contributed by atoms with Crippen molar-refractivity contribution < 1.29 is 14.7 Å². The molecule has 0 aliphatic carbocycles. The van der Waals surface area contributed by atoms with Crippen LogP contribution in [-0.2, 0) is 9.59 Å². The van der Waals surface area contributed by atoms with E-state index in [1.165, 1.54) is 25.7 Å². The number of aliphatic carboxylic acids is 1. The summed E-state index contributed by atoms with van der Waals surface area (Å²) in [5, 5.41) is 8.87. The topological polar surface area (TPSA) is 60.9 Å². The van der Waals surface area contributed by atoms with E-state index in [9.17, 15) is 9.59 Å². The first-order valence-electron chi connectivity index (χ1n) is 8.70. The molecular formula is C19H24N2O3S2. The van der Waals surface area contributed by atoms with Gasteiger partial charge in [-0.05, 0) is 30.2 Å². The first-order valence-corrected chi connectivity index (χ1v) is 9.93. The van der Waals surface area contributed by atoms with Gasteiger partial charge in [0.25, 0.3) is 5.91 Å². The Morgan fingerprint density at radius 2 is 1.96 bits per heavy atom. The number of carbonyl (C=O) groups excluding carboxylic acids is 1. The molecule has 1 aromatic rings. The van der Waals surface area contributed by atoms with Gasteiger partial charge in [0, 0.05) is 19.3 Å². The molecule has 2 rings (SSSR count). The second-order valence-electron chi connectivity index (χ2n) is 6.24. The van der Waals surface area contributed by atoms with E-state index in [4.69, 9.17) is 17.3 Å². The Morgan fingerprint density at radius 1 is 1.27 bits per heavy atom. The summed E-state index contributed by atoms with van der Waals surface area (Å²) >= 11 is 6.24. The van der Waals surface area contributed by atoms with Crippen LogP contribution < -0.4 is 4.90 Å². The van der Waals surface area contributed by atoms with Gasteiger partial charge < -0.3 is 10.0 Å². The minimum atomic E-state index is -1.08. The molecule has 1 saturated heterocycles. The number of nitrogens with zero attached hydrogens (tertiary/aromatic N) is 2. The molecule has 0 bridgehead atoms. The lowest BCUT2D eigenvalue weighted by molar-refractivity contribution is -0.140. The number of hydrogen-bond donors (Lipinski definition) is 1. The number of carboxylic acids is 1. The van der Waals surface area contributed by atoms with E-state index in [2.05, 4.69) is 18.9 Å². The van der Waals surface area contributed by atoms with Gasteiger partial charge in [-0.1, -0.05) is 62.3 Å². The average molecular weight is 393 g/mol. The van der Waals surface area contributed by atoms with Gasteiger partial charge in [-0.15, -0.1) is 0 Å². The van der Waals surface area contributed by atoms with Crippen LogP contribution in [0.1, 0.15) is 38.2 Å². The molecule has 1 amide bonds. The number of amides is 1. The molecule has 0 saturated carbocycles. The summed E-state index contributed by atoms with van der Waals surface area (Å²) in [6.45, 7) is 2.83. The Morgan fingerprint density at radius 3 is 2.58 bits per heavy atom. The normalized spacial score (nSPS) is 15.8. The van der Waals surface area contributed by atoms with Crippen molar-refractivity contribution in [1.29, 1.82) is 0 Å². The number of thioether (sulfide) groups is 1. The third-order valence-electron chi connectivity index (χ3n) is 4.15. The van der Waals surface area contributed by atoms with Crippen LogP contribution in [0, 0.1) is 0 Å². The second-order valence-corrected chi connectivity index (χ2v) is 7.91. The van der Waals surface area contributed by atoms with Crippen molar-refractivity contribution in [2.45, 2.75) is 32.6 Å². The molecule has 1 heterocycles.